The van der Waals surface area contributed by atoms with E-state index in [4.69, 9.17) is 15.6 Å². The second-order valence-electron chi connectivity index (χ2n) is 5.71. The maximum absolute atomic E-state index is 14.8. The van der Waals surface area contributed by atoms with Crippen molar-refractivity contribution in [2.24, 2.45) is 5.73 Å². The number of fused-ring (bicyclic) bond motifs is 3. The molecule has 0 spiro atoms. The van der Waals surface area contributed by atoms with Crippen LogP contribution in [0.5, 0.6) is 5.75 Å². The summed E-state index contributed by atoms with van der Waals surface area (Å²) in [6, 6.07) is 3.54. The number of ether oxygens (including phenoxy) is 1. The monoisotopic (exact) mass is 328 g/mol. The summed E-state index contributed by atoms with van der Waals surface area (Å²) in [5.74, 6) is -0.134. The van der Waals surface area contributed by atoms with Crippen LogP contribution in [0.2, 0.25) is 0 Å². The molecule has 122 valence electrons. The Bertz CT molecular complexity index is 670. The van der Waals surface area contributed by atoms with Gasteiger partial charge < -0.3 is 20.1 Å². The van der Waals surface area contributed by atoms with Crippen molar-refractivity contribution in [2.45, 2.75) is 38.8 Å². The van der Waals surface area contributed by atoms with Gasteiger partial charge in [0.25, 0.3) is 0 Å². The molecule has 1 aromatic heterocycles. The molecule has 0 unspecified atom stereocenters. The van der Waals surface area contributed by atoms with Gasteiger partial charge in [-0.1, -0.05) is 0 Å². The number of aryl methyl sites for hydroxylation is 1. The van der Waals surface area contributed by atoms with Gasteiger partial charge in [0.05, 0.1) is 12.1 Å². The summed E-state index contributed by atoms with van der Waals surface area (Å²) in [6.45, 7) is 2.84. The molecular formula is C16H22ClFN2O2. The van der Waals surface area contributed by atoms with Crippen molar-refractivity contribution in [3.05, 3.63) is 29.2 Å². The van der Waals surface area contributed by atoms with Gasteiger partial charge in [0.15, 0.2) is 11.6 Å². The third-order valence-electron chi connectivity index (χ3n) is 4.02. The molecule has 0 aliphatic carbocycles. The van der Waals surface area contributed by atoms with E-state index in [9.17, 15) is 4.39 Å². The average Bonchev–Trinajstić information content (AvgIpc) is 3.01. The average molecular weight is 329 g/mol. The van der Waals surface area contributed by atoms with Gasteiger partial charge >= 0.3 is 0 Å². The number of nitrogens with two attached hydrogens (primary N) is 1. The number of halogens is 2. The number of benzene rings is 1. The maximum atomic E-state index is 14.8. The molecule has 22 heavy (non-hydrogen) atoms. The molecular weight excluding hydrogens is 307 g/mol. The molecule has 1 atom stereocenters. The second-order valence-corrected chi connectivity index (χ2v) is 5.71. The van der Waals surface area contributed by atoms with Crippen molar-refractivity contribution in [1.82, 2.24) is 4.57 Å². The van der Waals surface area contributed by atoms with E-state index >= 15 is 0 Å². The van der Waals surface area contributed by atoms with Gasteiger partial charge in [-0.05, 0) is 43.9 Å². The molecule has 4 nitrogen and oxygen atoms in total. The largest absolute Gasteiger partial charge is 0.488 e. The van der Waals surface area contributed by atoms with E-state index in [1.165, 1.54) is 5.69 Å². The molecule has 3 N–H and O–H groups in total. The van der Waals surface area contributed by atoms with E-state index < -0.39 is 0 Å². The highest BCUT2D eigenvalue weighted by atomic mass is 35.5. The molecule has 2 heterocycles. The number of nitrogens with zero attached hydrogens (tertiary/aromatic N) is 1. The summed E-state index contributed by atoms with van der Waals surface area (Å²) in [6.07, 6.45) is 2.74. The summed E-state index contributed by atoms with van der Waals surface area (Å²) in [5.41, 5.74) is 9.09. The number of rotatable bonds is 5. The van der Waals surface area contributed by atoms with Crippen LogP contribution in [0.1, 0.15) is 24.6 Å². The molecule has 2 aromatic rings. The number of aliphatic hydroxyl groups is 1. The van der Waals surface area contributed by atoms with Crippen LogP contribution in [0.15, 0.2) is 12.1 Å². The Morgan fingerprint density at radius 3 is 2.91 bits per heavy atom. The molecule has 0 saturated heterocycles. The van der Waals surface area contributed by atoms with Gasteiger partial charge in [-0.3, -0.25) is 0 Å². The molecule has 1 aromatic carbocycles. The van der Waals surface area contributed by atoms with Crippen LogP contribution in [0.3, 0.4) is 0 Å². The first-order valence-electron chi connectivity index (χ1n) is 7.45. The van der Waals surface area contributed by atoms with Gasteiger partial charge in [0, 0.05) is 23.7 Å². The van der Waals surface area contributed by atoms with Crippen LogP contribution in [-0.2, 0) is 19.4 Å². The fraction of sp³-hybridized carbons (Fsp3) is 0.500. The quantitative estimate of drug-likeness (QED) is 0.886. The predicted molar refractivity (Wildman–Crippen MR) is 87.4 cm³/mol. The molecule has 0 saturated carbocycles. The lowest BCUT2D eigenvalue weighted by Gasteiger charge is -2.09. The first-order valence-corrected chi connectivity index (χ1v) is 7.45. The molecule has 6 heteroatoms. The van der Waals surface area contributed by atoms with Crippen molar-refractivity contribution >= 4 is 23.3 Å². The summed E-state index contributed by atoms with van der Waals surface area (Å²) in [4.78, 5) is 0. The van der Waals surface area contributed by atoms with Crippen LogP contribution < -0.4 is 10.5 Å². The number of aromatic nitrogens is 1. The first kappa shape index (κ1) is 17.1. The zero-order valence-corrected chi connectivity index (χ0v) is 13.5. The number of aliphatic hydroxyl groups excluding tert-OH is 1. The van der Waals surface area contributed by atoms with Crippen molar-refractivity contribution < 1.29 is 14.2 Å². The van der Waals surface area contributed by atoms with Crippen molar-refractivity contribution in [3.8, 4) is 5.75 Å². The molecule has 0 bridgehead atoms. The lowest BCUT2D eigenvalue weighted by molar-refractivity contribution is 0.197. The van der Waals surface area contributed by atoms with Gasteiger partial charge in [-0.15, -0.1) is 12.4 Å². The number of hydrogen-bond acceptors (Lipinski definition) is 3. The topological polar surface area (TPSA) is 60.4 Å². The Balaban J connectivity index is 0.00000176. The van der Waals surface area contributed by atoms with Crippen molar-refractivity contribution in [1.29, 1.82) is 0 Å². The Labute approximate surface area is 135 Å². The lowest BCUT2D eigenvalue weighted by Crippen LogP contribution is -2.18. The van der Waals surface area contributed by atoms with Gasteiger partial charge in [-0.2, -0.15) is 0 Å². The normalized spacial score (nSPS) is 14.7. The van der Waals surface area contributed by atoms with E-state index in [1.807, 2.05) is 13.0 Å². The van der Waals surface area contributed by atoms with Gasteiger partial charge in [0.2, 0.25) is 0 Å². The first-order chi connectivity index (χ1) is 10.1. The fourth-order valence-corrected chi connectivity index (χ4v) is 3.27. The predicted octanol–water partition coefficient (Wildman–Crippen LogP) is 2.41. The second kappa shape index (κ2) is 6.86. The van der Waals surface area contributed by atoms with E-state index in [2.05, 4.69) is 4.57 Å². The standard InChI is InChI=1S/C16H21FN2O2.ClH/c1-10(18)9-11-12-3-2-6-19(12)13-4-5-14(21-8-7-20)16(17)15(11)13;/h4-5,10,20H,2-3,6-9,18H2,1H3;1H/t10-;/m0./s1. The lowest BCUT2D eigenvalue weighted by atomic mass is 10.0. The minimum Gasteiger partial charge on any atom is -0.488 e. The summed E-state index contributed by atoms with van der Waals surface area (Å²) >= 11 is 0. The third kappa shape index (κ3) is 2.81. The summed E-state index contributed by atoms with van der Waals surface area (Å²) < 4.78 is 22.3. The van der Waals surface area contributed by atoms with Crippen molar-refractivity contribution in [2.75, 3.05) is 13.2 Å². The molecule has 1 aliphatic rings. The highest BCUT2D eigenvalue weighted by Crippen LogP contribution is 2.37. The zero-order chi connectivity index (χ0) is 15.0. The van der Waals surface area contributed by atoms with Crippen molar-refractivity contribution in [3.63, 3.8) is 0 Å². The summed E-state index contributed by atoms with van der Waals surface area (Å²) in [5, 5.41) is 9.47. The van der Waals surface area contributed by atoms with Crippen LogP contribution >= 0.6 is 12.4 Å². The molecule has 0 amide bonds. The van der Waals surface area contributed by atoms with Gasteiger partial charge in [0.1, 0.15) is 6.61 Å². The van der Waals surface area contributed by atoms with Crippen LogP contribution in [0.25, 0.3) is 10.9 Å². The maximum Gasteiger partial charge on any atom is 0.174 e. The highest BCUT2D eigenvalue weighted by Gasteiger charge is 2.25. The fourth-order valence-electron chi connectivity index (χ4n) is 3.27. The minimum atomic E-state index is -0.335. The van der Waals surface area contributed by atoms with E-state index in [0.29, 0.717) is 11.8 Å². The third-order valence-corrected chi connectivity index (χ3v) is 4.02. The highest BCUT2D eigenvalue weighted by molar-refractivity contribution is 5.88. The van der Waals surface area contributed by atoms with Crippen LogP contribution in [0, 0.1) is 5.82 Å². The Morgan fingerprint density at radius 2 is 2.23 bits per heavy atom. The molecule has 1 aliphatic heterocycles. The SMILES string of the molecule is C[C@H](N)Cc1c2n(c3ccc(OCCO)c(F)c13)CCC2.Cl. The minimum absolute atomic E-state index is 0. The number of hydrogen-bond donors (Lipinski definition) is 2. The molecule has 0 radical (unpaired) electrons. The Hall–Kier alpha value is -1.30. The Morgan fingerprint density at radius 1 is 1.45 bits per heavy atom. The Kier molecular flexibility index (Phi) is 5.32. The summed E-state index contributed by atoms with van der Waals surface area (Å²) in [7, 11) is 0. The zero-order valence-electron chi connectivity index (χ0n) is 12.6. The van der Waals surface area contributed by atoms with E-state index in [-0.39, 0.29) is 43.2 Å². The van der Waals surface area contributed by atoms with Crippen LogP contribution in [0.4, 0.5) is 4.39 Å². The van der Waals surface area contributed by atoms with Gasteiger partial charge in [-0.25, -0.2) is 4.39 Å². The smallest absolute Gasteiger partial charge is 0.174 e. The molecule has 0 fully saturated rings. The van der Waals surface area contributed by atoms with E-state index in [1.54, 1.807) is 6.07 Å². The van der Waals surface area contributed by atoms with E-state index in [0.717, 1.165) is 30.5 Å². The van der Waals surface area contributed by atoms with Crippen LogP contribution in [-0.4, -0.2) is 28.9 Å². The molecule has 3 rings (SSSR count).